The average molecular weight is 345 g/mol. The van der Waals surface area contributed by atoms with E-state index >= 15 is 0 Å². The summed E-state index contributed by atoms with van der Waals surface area (Å²) < 4.78 is 5.25. The number of anilines is 1. The number of nitrogens with zero attached hydrogens (tertiary/aromatic N) is 4. The Hall–Kier alpha value is -1.05. The number of rotatable bonds is 6. The van der Waals surface area contributed by atoms with Gasteiger partial charge in [-0.1, -0.05) is 30.3 Å². The number of morpholine rings is 1. The molecule has 1 saturated heterocycles. The molecule has 1 amide bonds. The van der Waals surface area contributed by atoms with Crippen LogP contribution in [-0.4, -0.2) is 66.4 Å². The predicted molar refractivity (Wildman–Crippen MR) is 88.7 cm³/mol. The lowest BCUT2D eigenvalue weighted by molar-refractivity contribution is -0.132. The van der Waals surface area contributed by atoms with E-state index in [4.69, 9.17) is 16.3 Å². The van der Waals surface area contributed by atoms with Gasteiger partial charge in [-0.2, -0.15) is 0 Å². The second-order valence-electron chi connectivity index (χ2n) is 5.03. The van der Waals surface area contributed by atoms with E-state index in [1.54, 1.807) is 6.07 Å². The average Bonchev–Trinajstić information content (AvgIpc) is 2.53. The summed E-state index contributed by atoms with van der Waals surface area (Å²) in [6.07, 6.45) is 1.02. The van der Waals surface area contributed by atoms with Crippen LogP contribution in [0.25, 0.3) is 0 Å². The highest BCUT2D eigenvalue weighted by Crippen LogP contribution is 2.21. The molecule has 0 bridgehead atoms. The molecule has 0 aromatic carbocycles. The fourth-order valence-electron chi connectivity index (χ4n) is 2.13. The van der Waals surface area contributed by atoms with Gasteiger partial charge in [0.25, 0.3) is 0 Å². The number of hydrogen-bond acceptors (Lipinski definition) is 6. The van der Waals surface area contributed by atoms with Gasteiger partial charge in [0.15, 0.2) is 5.16 Å². The van der Waals surface area contributed by atoms with Gasteiger partial charge in [-0.3, -0.25) is 4.79 Å². The van der Waals surface area contributed by atoms with Crippen LogP contribution in [0.2, 0.25) is 5.15 Å². The van der Waals surface area contributed by atoms with Crippen LogP contribution in [0.3, 0.4) is 0 Å². The second-order valence-corrected chi connectivity index (χ2v) is 6.36. The van der Waals surface area contributed by atoms with Crippen LogP contribution in [0.1, 0.15) is 13.3 Å². The summed E-state index contributed by atoms with van der Waals surface area (Å²) in [6.45, 7) is 5.52. The van der Waals surface area contributed by atoms with E-state index in [2.05, 4.69) is 16.9 Å². The van der Waals surface area contributed by atoms with Crippen molar-refractivity contribution in [1.29, 1.82) is 0 Å². The Morgan fingerprint density at radius 3 is 2.86 bits per heavy atom. The number of carbonyl (C=O) groups is 1. The van der Waals surface area contributed by atoms with Crippen molar-refractivity contribution < 1.29 is 9.53 Å². The van der Waals surface area contributed by atoms with Crippen molar-refractivity contribution in [3.05, 3.63) is 11.2 Å². The first-order valence-electron chi connectivity index (χ1n) is 7.34. The van der Waals surface area contributed by atoms with E-state index < -0.39 is 0 Å². The van der Waals surface area contributed by atoms with Gasteiger partial charge < -0.3 is 14.5 Å². The third-order valence-corrected chi connectivity index (χ3v) is 4.33. The molecule has 0 atom stereocenters. The third kappa shape index (κ3) is 5.00. The van der Waals surface area contributed by atoms with Gasteiger partial charge >= 0.3 is 0 Å². The minimum atomic E-state index is 0.0836. The van der Waals surface area contributed by atoms with Gasteiger partial charge in [-0.15, -0.1) is 0 Å². The second kappa shape index (κ2) is 8.55. The van der Waals surface area contributed by atoms with Crippen LogP contribution in [-0.2, 0) is 9.53 Å². The molecule has 2 heterocycles. The monoisotopic (exact) mass is 344 g/mol. The van der Waals surface area contributed by atoms with Crippen LogP contribution in [0.4, 0.5) is 5.82 Å². The maximum Gasteiger partial charge on any atom is 0.233 e. The summed E-state index contributed by atoms with van der Waals surface area (Å²) in [4.78, 5) is 24.6. The first-order chi connectivity index (χ1) is 10.6. The number of carbonyl (C=O) groups excluding carboxylic acids is 1. The molecule has 0 aliphatic carbocycles. The lowest BCUT2D eigenvalue weighted by Gasteiger charge is -2.26. The highest BCUT2D eigenvalue weighted by molar-refractivity contribution is 7.99. The maximum absolute atomic E-state index is 12.1. The molecule has 0 unspecified atom stereocenters. The van der Waals surface area contributed by atoms with Crippen molar-refractivity contribution in [2.24, 2.45) is 0 Å². The molecule has 0 radical (unpaired) electrons. The van der Waals surface area contributed by atoms with Gasteiger partial charge in [0.1, 0.15) is 11.0 Å². The van der Waals surface area contributed by atoms with E-state index in [1.165, 1.54) is 11.8 Å². The number of hydrogen-bond donors (Lipinski definition) is 0. The molecule has 122 valence electrons. The summed E-state index contributed by atoms with van der Waals surface area (Å²) >= 11 is 7.38. The minimum absolute atomic E-state index is 0.0836. The lowest BCUT2D eigenvalue weighted by Crippen LogP contribution is -2.41. The van der Waals surface area contributed by atoms with Crippen LogP contribution < -0.4 is 4.90 Å². The normalized spacial score (nSPS) is 15.0. The number of amides is 1. The van der Waals surface area contributed by atoms with Gasteiger partial charge in [0.2, 0.25) is 5.91 Å². The standard InChI is InChI=1S/C14H21ClN4O2S/c1-3-4-18(2)12-9-11(15)16-14(17-12)22-10-13(20)19-5-7-21-8-6-19/h9H,3-8,10H2,1-2H3. The molecule has 2 rings (SSSR count). The molecule has 0 spiro atoms. The molecular formula is C14H21ClN4O2S. The predicted octanol–water partition coefficient (Wildman–Crippen LogP) is 1.93. The summed E-state index contributed by atoms with van der Waals surface area (Å²) in [6, 6.07) is 1.74. The largest absolute Gasteiger partial charge is 0.378 e. The highest BCUT2D eigenvalue weighted by Gasteiger charge is 2.17. The smallest absolute Gasteiger partial charge is 0.233 e. The van der Waals surface area contributed by atoms with E-state index in [-0.39, 0.29) is 5.91 Å². The molecule has 1 aromatic rings. The zero-order valence-corrected chi connectivity index (χ0v) is 14.5. The SMILES string of the molecule is CCCN(C)c1cc(Cl)nc(SCC(=O)N2CCOCC2)n1. The molecule has 22 heavy (non-hydrogen) atoms. The van der Waals surface area contributed by atoms with Crippen molar-refractivity contribution in [1.82, 2.24) is 14.9 Å². The Labute approximate surface area is 140 Å². The Kier molecular flexibility index (Phi) is 6.72. The molecule has 0 N–H and O–H groups in total. The first kappa shape index (κ1) is 17.3. The quantitative estimate of drug-likeness (QED) is 0.446. The summed E-state index contributed by atoms with van der Waals surface area (Å²) in [5.41, 5.74) is 0. The van der Waals surface area contributed by atoms with Crippen LogP contribution >= 0.6 is 23.4 Å². The Morgan fingerprint density at radius 2 is 2.18 bits per heavy atom. The minimum Gasteiger partial charge on any atom is -0.378 e. The van der Waals surface area contributed by atoms with Crippen LogP contribution in [0.5, 0.6) is 0 Å². The fourth-order valence-corrected chi connectivity index (χ4v) is 3.11. The number of aromatic nitrogens is 2. The third-order valence-electron chi connectivity index (χ3n) is 3.30. The van der Waals surface area contributed by atoms with Crippen molar-refractivity contribution in [2.45, 2.75) is 18.5 Å². The number of ether oxygens (including phenoxy) is 1. The Balaban J connectivity index is 1.95. The van der Waals surface area contributed by atoms with Gasteiger partial charge in [-0.05, 0) is 6.42 Å². The van der Waals surface area contributed by atoms with Crippen LogP contribution in [0.15, 0.2) is 11.2 Å². The molecule has 1 aliphatic rings. The number of thioether (sulfide) groups is 1. The lowest BCUT2D eigenvalue weighted by atomic mass is 10.4. The molecule has 6 nitrogen and oxygen atoms in total. The zero-order chi connectivity index (χ0) is 15.9. The molecule has 8 heteroatoms. The summed E-state index contributed by atoms with van der Waals surface area (Å²) in [5, 5.41) is 0.932. The van der Waals surface area contributed by atoms with E-state index in [0.29, 0.717) is 42.4 Å². The molecule has 1 aromatic heterocycles. The molecule has 0 saturated carbocycles. The number of halogens is 1. The van der Waals surface area contributed by atoms with Gasteiger partial charge in [0.05, 0.1) is 19.0 Å². The van der Waals surface area contributed by atoms with E-state index in [0.717, 1.165) is 18.8 Å². The fraction of sp³-hybridized carbons (Fsp3) is 0.643. The van der Waals surface area contributed by atoms with Crippen molar-refractivity contribution in [3.63, 3.8) is 0 Å². The maximum atomic E-state index is 12.1. The summed E-state index contributed by atoms with van der Waals surface area (Å²) in [5.74, 6) is 1.18. The summed E-state index contributed by atoms with van der Waals surface area (Å²) in [7, 11) is 1.97. The van der Waals surface area contributed by atoms with Gasteiger partial charge in [0, 0.05) is 32.7 Å². The Morgan fingerprint density at radius 1 is 1.45 bits per heavy atom. The van der Waals surface area contributed by atoms with E-state index in [9.17, 15) is 4.79 Å². The van der Waals surface area contributed by atoms with Crippen molar-refractivity contribution in [2.75, 3.05) is 50.5 Å². The van der Waals surface area contributed by atoms with Crippen molar-refractivity contribution >= 4 is 35.1 Å². The molecular weight excluding hydrogens is 324 g/mol. The first-order valence-corrected chi connectivity index (χ1v) is 8.70. The van der Waals surface area contributed by atoms with Crippen LogP contribution in [0, 0.1) is 0 Å². The van der Waals surface area contributed by atoms with Crippen molar-refractivity contribution in [3.8, 4) is 0 Å². The molecule has 1 fully saturated rings. The molecule has 1 aliphatic heterocycles. The zero-order valence-electron chi connectivity index (χ0n) is 12.9. The van der Waals surface area contributed by atoms with Gasteiger partial charge in [-0.25, -0.2) is 9.97 Å². The van der Waals surface area contributed by atoms with E-state index in [1.807, 2.05) is 16.8 Å². The highest BCUT2D eigenvalue weighted by atomic mass is 35.5. The Bertz CT molecular complexity index is 512. The topological polar surface area (TPSA) is 58.6 Å².